The molecule has 4 nitrogen and oxygen atoms in total. The zero-order valence-electron chi connectivity index (χ0n) is 37.0. The molecule has 2 aliphatic rings. The molecule has 0 saturated carbocycles. The van der Waals surface area contributed by atoms with E-state index in [1.54, 1.807) is 0 Å². The third-order valence-electron chi connectivity index (χ3n) is 13.6. The minimum Gasteiger partial charge on any atom is -0.455 e. The second kappa shape index (κ2) is 13.8. The van der Waals surface area contributed by atoms with Gasteiger partial charge in [-0.2, -0.15) is 0 Å². The first-order valence-electron chi connectivity index (χ1n) is 22.4. The second-order valence-electron chi connectivity index (χ2n) is 19.6. The summed E-state index contributed by atoms with van der Waals surface area (Å²) in [5, 5.41) is 2.07. The highest BCUT2D eigenvalue weighted by Gasteiger charge is 2.51. The molecule has 0 saturated heterocycles. The van der Waals surface area contributed by atoms with Crippen LogP contribution in [0.1, 0.15) is 74.9 Å². The van der Waals surface area contributed by atoms with E-state index in [1.807, 2.05) is 36.4 Å². The molecule has 4 heteroatoms. The Labute approximate surface area is 374 Å². The van der Waals surface area contributed by atoms with Gasteiger partial charge in [0.2, 0.25) is 0 Å². The number of rotatable bonds is 4. The van der Waals surface area contributed by atoms with E-state index in [1.165, 1.54) is 50.1 Å². The summed E-state index contributed by atoms with van der Waals surface area (Å²) in [5.41, 5.74) is 18.8. The smallest absolute Gasteiger partial charge is 0.164 e. The van der Waals surface area contributed by atoms with Crippen molar-refractivity contribution >= 4 is 21.9 Å². The monoisotopic (exact) mass is 825 g/mol. The van der Waals surface area contributed by atoms with Crippen molar-refractivity contribution in [3.8, 4) is 67.5 Å². The maximum atomic E-state index is 7.25. The summed E-state index contributed by atoms with van der Waals surface area (Å²) in [4.78, 5) is 15.5. The zero-order chi connectivity index (χ0) is 43.5. The van der Waals surface area contributed by atoms with Crippen LogP contribution in [0.25, 0.3) is 89.5 Å². The highest BCUT2D eigenvalue weighted by Crippen LogP contribution is 2.63. The quantitative estimate of drug-likeness (QED) is 0.177. The van der Waals surface area contributed by atoms with Gasteiger partial charge in [0.25, 0.3) is 0 Å². The second-order valence-corrected chi connectivity index (χ2v) is 19.6. The Kier molecular flexibility index (Phi) is 8.24. The SMILES string of the molecule is CC(C)(C)c1cc(-c2ccc3c(c2)C2(c4ccccc4-c4ccccc42)c2ccccc2-3)cc2c1oc1c(C(C)(C)C)ccc(-c3nc(-c4ccccc4)nc(-c4ccccc4)n3)c12. The molecule has 0 amide bonds. The molecule has 12 rings (SSSR count). The number of hydrogen-bond acceptors (Lipinski definition) is 4. The summed E-state index contributed by atoms with van der Waals surface area (Å²) in [7, 11) is 0. The fourth-order valence-electron chi connectivity index (χ4n) is 10.7. The van der Waals surface area contributed by atoms with Crippen LogP contribution in [0.3, 0.4) is 0 Å². The van der Waals surface area contributed by atoms with Gasteiger partial charge in [-0.3, -0.25) is 0 Å². The van der Waals surface area contributed by atoms with E-state index in [4.69, 9.17) is 19.4 Å². The fraction of sp³-hybridized carbons (Fsp3) is 0.150. The Balaban J connectivity index is 1.15. The molecule has 0 N–H and O–H groups in total. The molecule has 10 aromatic rings. The average Bonchev–Trinajstić information content (AvgIpc) is 3.95. The normalized spacial score (nSPS) is 13.6. The van der Waals surface area contributed by atoms with Gasteiger partial charge < -0.3 is 4.42 Å². The van der Waals surface area contributed by atoms with Crippen LogP contribution in [0, 0.1) is 0 Å². The van der Waals surface area contributed by atoms with Gasteiger partial charge in [0.15, 0.2) is 17.5 Å². The molecule has 0 unspecified atom stereocenters. The van der Waals surface area contributed by atoms with Crippen molar-refractivity contribution < 1.29 is 4.42 Å². The number of nitrogens with zero attached hydrogens (tertiary/aromatic N) is 3. The van der Waals surface area contributed by atoms with Crippen LogP contribution in [0.5, 0.6) is 0 Å². The number of benzene rings is 8. The van der Waals surface area contributed by atoms with Crippen LogP contribution in [-0.4, -0.2) is 15.0 Å². The average molecular weight is 826 g/mol. The molecule has 0 aliphatic heterocycles. The number of aromatic nitrogens is 3. The summed E-state index contributed by atoms with van der Waals surface area (Å²) < 4.78 is 7.25. The lowest BCUT2D eigenvalue weighted by Gasteiger charge is -2.30. The van der Waals surface area contributed by atoms with Crippen molar-refractivity contribution in [3.63, 3.8) is 0 Å². The largest absolute Gasteiger partial charge is 0.455 e. The molecule has 0 radical (unpaired) electrons. The van der Waals surface area contributed by atoms with Gasteiger partial charge in [0, 0.05) is 38.6 Å². The Bertz CT molecular complexity index is 3390. The standard InChI is InChI=1S/C60H47N3O/c1-58(2,3)49-32-31-44(57-62-55(36-19-9-7-10-20-36)61-56(63-57)37-21-11-8-12-22-37)52-45-33-39(35-51(59(4,5)6)53(45)64-54(49)52)38-29-30-43-42-25-15-18-28-48(42)60(50(43)34-38)46-26-16-13-23-40(46)41-24-14-17-27-47(41)60/h7-35H,1-6H3. The zero-order valence-corrected chi connectivity index (χ0v) is 37.0. The predicted octanol–water partition coefficient (Wildman–Crippen LogP) is 15.4. The van der Waals surface area contributed by atoms with E-state index in [0.717, 1.165) is 55.3 Å². The number of fused-ring (bicyclic) bond motifs is 13. The summed E-state index contributed by atoms with van der Waals surface area (Å²) in [6.45, 7) is 13.6. The molecule has 8 aromatic carbocycles. The van der Waals surface area contributed by atoms with Crippen LogP contribution < -0.4 is 0 Å². The molecule has 64 heavy (non-hydrogen) atoms. The van der Waals surface area contributed by atoms with E-state index in [0.29, 0.717) is 17.5 Å². The Morgan fingerprint density at radius 3 is 1.36 bits per heavy atom. The topological polar surface area (TPSA) is 51.8 Å². The third-order valence-corrected chi connectivity index (χ3v) is 13.6. The first-order valence-corrected chi connectivity index (χ1v) is 22.4. The lowest BCUT2D eigenvalue weighted by atomic mass is 9.70. The highest BCUT2D eigenvalue weighted by atomic mass is 16.3. The fourth-order valence-corrected chi connectivity index (χ4v) is 10.7. The Hall–Kier alpha value is -7.43. The van der Waals surface area contributed by atoms with Crippen molar-refractivity contribution in [1.29, 1.82) is 0 Å². The first-order chi connectivity index (χ1) is 31.0. The molecule has 0 atom stereocenters. The maximum Gasteiger partial charge on any atom is 0.164 e. The first kappa shape index (κ1) is 38.3. The van der Waals surface area contributed by atoms with Crippen molar-refractivity contribution in [2.75, 3.05) is 0 Å². The van der Waals surface area contributed by atoms with Crippen LogP contribution in [-0.2, 0) is 16.2 Å². The molecule has 0 bridgehead atoms. The third kappa shape index (κ3) is 5.58. The van der Waals surface area contributed by atoms with Gasteiger partial charge >= 0.3 is 0 Å². The molecular formula is C60H47N3O. The number of furan rings is 1. The van der Waals surface area contributed by atoms with Crippen molar-refractivity contribution in [2.45, 2.75) is 57.8 Å². The molecule has 1 spiro atoms. The van der Waals surface area contributed by atoms with Gasteiger partial charge in [0.05, 0.1) is 5.41 Å². The molecule has 0 fully saturated rings. The summed E-state index contributed by atoms with van der Waals surface area (Å²) in [6, 6.07) is 63.7. The summed E-state index contributed by atoms with van der Waals surface area (Å²) in [5.74, 6) is 1.87. The molecule has 308 valence electrons. The Morgan fingerprint density at radius 2 is 0.828 bits per heavy atom. The molecule has 2 aliphatic carbocycles. The van der Waals surface area contributed by atoms with Crippen LogP contribution in [0.4, 0.5) is 0 Å². The van der Waals surface area contributed by atoms with Gasteiger partial charge in [-0.1, -0.05) is 193 Å². The van der Waals surface area contributed by atoms with Crippen LogP contribution in [0.2, 0.25) is 0 Å². The number of hydrogen-bond donors (Lipinski definition) is 0. The minimum atomic E-state index is -0.436. The van der Waals surface area contributed by atoms with Crippen LogP contribution in [0.15, 0.2) is 180 Å². The van der Waals surface area contributed by atoms with E-state index >= 15 is 0 Å². The molecule has 2 heterocycles. The van der Waals surface area contributed by atoms with Gasteiger partial charge in [-0.15, -0.1) is 0 Å². The predicted molar refractivity (Wildman–Crippen MR) is 263 cm³/mol. The van der Waals surface area contributed by atoms with Crippen molar-refractivity contribution in [2.24, 2.45) is 0 Å². The van der Waals surface area contributed by atoms with E-state index in [-0.39, 0.29) is 10.8 Å². The van der Waals surface area contributed by atoms with E-state index in [9.17, 15) is 0 Å². The van der Waals surface area contributed by atoms with E-state index in [2.05, 4.69) is 181 Å². The van der Waals surface area contributed by atoms with Gasteiger partial charge in [0.1, 0.15) is 11.2 Å². The maximum absolute atomic E-state index is 7.25. The Morgan fingerprint density at radius 1 is 0.359 bits per heavy atom. The lowest BCUT2D eigenvalue weighted by Crippen LogP contribution is -2.25. The summed E-state index contributed by atoms with van der Waals surface area (Å²) in [6.07, 6.45) is 0. The van der Waals surface area contributed by atoms with E-state index < -0.39 is 5.41 Å². The van der Waals surface area contributed by atoms with Gasteiger partial charge in [-0.25, -0.2) is 15.0 Å². The summed E-state index contributed by atoms with van der Waals surface area (Å²) >= 11 is 0. The van der Waals surface area contributed by atoms with Crippen molar-refractivity contribution in [3.05, 3.63) is 209 Å². The minimum absolute atomic E-state index is 0.198. The van der Waals surface area contributed by atoms with Crippen LogP contribution >= 0.6 is 0 Å². The lowest BCUT2D eigenvalue weighted by molar-refractivity contribution is 0.557. The molecular weight excluding hydrogens is 779 g/mol. The molecule has 2 aromatic heterocycles. The van der Waals surface area contributed by atoms with Gasteiger partial charge in [-0.05, 0) is 90.7 Å². The highest BCUT2D eigenvalue weighted by molar-refractivity contribution is 6.15. The van der Waals surface area contributed by atoms with Crippen molar-refractivity contribution in [1.82, 2.24) is 15.0 Å².